The van der Waals surface area contributed by atoms with Gasteiger partial charge in [-0.1, -0.05) is 32.6 Å². The molecule has 44 heavy (non-hydrogen) atoms. The van der Waals surface area contributed by atoms with Crippen molar-refractivity contribution in [1.82, 2.24) is 21.3 Å². The summed E-state index contributed by atoms with van der Waals surface area (Å²) in [6.45, 7) is 4.38. The number of hydrogen-bond acceptors (Lipinski definition) is 7. The van der Waals surface area contributed by atoms with Gasteiger partial charge in [0, 0.05) is 39.0 Å². The molecule has 254 valence electrons. The molecule has 0 saturated heterocycles. The van der Waals surface area contributed by atoms with Crippen LogP contribution in [0.4, 0.5) is 0 Å². The van der Waals surface area contributed by atoms with Gasteiger partial charge in [-0.05, 0) is 64.3 Å². The zero-order valence-electron chi connectivity index (χ0n) is 26.7. The summed E-state index contributed by atoms with van der Waals surface area (Å²) in [6.07, 6.45) is 9.83. The Labute approximate surface area is 262 Å². The van der Waals surface area contributed by atoms with Crippen molar-refractivity contribution in [3.63, 3.8) is 0 Å². The van der Waals surface area contributed by atoms with Crippen LogP contribution in [0.1, 0.15) is 103 Å². The van der Waals surface area contributed by atoms with E-state index in [1.807, 2.05) is 0 Å². The second-order valence-electron chi connectivity index (χ2n) is 10.8. The van der Waals surface area contributed by atoms with Crippen LogP contribution in [0.15, 0.2) is 9.98 Å². The van der Waals surface area contributed by atoms with E-state index in [9.17, 15) is 19.2 Å². The second kappa shape index (κ2) is 27.0. The van der Waals surface area contributed by atoms with Gasteiger partial charge in [0.05, 0.1) is 0 Å². The summed E-state index contributed by atoms with van der Waals surface area (Å²) in [5, 5.41) is 11.4. The van der Waals surface area contributed by atoms with Crippen LogP contribution in [-0.2, 0) is 19.2 Å². The van der Waals surface area contributed by atoms with Crippen molar-refractivity contribution >= 4 is 35.5 Å². The molecule has 2 unspecified atom stereocenters. The van der Waals surface area contributed by atoms with E-state index < -0.39 is 12.1 Å². The molecule has 2 atom stereocenters. The molecule has 14 N–H and O–H groups in total. The summed E-state index contributed by atoms with van der Waals surface area (Å²) in [5.41, 5.74) is 27.0. The molecular weight excluding hydrogens is 566 g/mol. The Morgan fingerprint density at radius 1 is 0.591 bits per heavy atom. The van der Waals surface area contributed by atoms with Crippen molar-refractivity contribution < 1.29 is 19.2 Å². The Morgan fingerprint density at radius 2 is 1.02 bits per heavy atom. The number of rotatable bonds is 27. The Bertz CT molecular complexity index is 875. The van der Waals surface area contributed by atoms with E-state index >= 15 is 0 Å². The quantitative estimate of drug-likeness (QED) is 0.0325. The minimum Gasteiger partial charge on any atom is -0.370 e. The van der Waals surface area contributed by atoms with Crippen molar-refractivity contribution in [3.05, 3.63) is 0 Å². The fourth-order valence-electron chi connectivity index (χ4n) is 4.32. The van der Waals surface area contributed by atoms with E-state index in [4.69, 9.17) is 28.7 Å². The number of nitrogens with one attached hydrogen (secondary N) is 4. The fourth-order valence-corrected chi connectivity index (χ4v) is 4.32. The first-order valence-corrected chi connectivity index (χ1v) is 16.1. The molecule has 0 fully saturated rings. The van der Waals surface area contributed by atoms with Gasteiger partial charge in [-0.15, -0.1) is 0 Å². The van der Waals surface area contributed by atoms with Gasteiger partial charge in [0.2, 0.25) is 23.6 Å². The van der Waals surface area contributed by atoms with E-state index in [0.29, 0.717) is 90.5 Å². The highest BCUT2D eigenvalue weighted by Gasteiger charge is 2.21. The first kappa shape index (κ1) is 40.4. The third kappa shape index (κ3) is 23.9. The van der Waals surface area contributed by atoms with Crippen LogP contribution in [-0.4, -0.2) is 80.4 Å². The molecule has 4 amide bonds. The number of nitrogens with two attached hydrogens (primary N) is 5. The lowest BCUT2D eigenvalue weighted by Gasteiger charge is -2.19. The number of carbonyl (C=O) groups is 4. The molecule has 0 heterocycles. The van der Waals surface area contributed by atoms with Crippen LogP contribution in [0.25, 0.3) is 0 Å². The topological polar surface area (TPSA) is 271 Å². The van der Waals surface area contributed by atoms with Crippen LogP contribution in [0.2, 0.25) is 0 Å². The van der Waals surface area contributed by atoms with Gasteiger partial charge in [0.1, 0.15) is 12.1 Å². The van der Waals surface area contributed by atoms with Crippen LogP contribution in [0.3, 0.4) is 0 Å². The number of hydrogen-bond donors (Lipinski definition) is 9. The average molecular weight is 626 g/mol. The normalized spacial score (nSPS) is 12.0. The third-order valence-electron chi connectivity index (χ3n) is 6.76. The number of unbranched alkanes of at least 4 members (excludes halogenated alkanes) is 6. The number of amides is 4. The highest BCUT2D eigenvalue weighted by atomic mass is 16.2. The Hall–Kier alpha value is -3.62. The lowest BCUT2D eigenvalue weighted by Crippen LogP contribution is -2.47. The highest BCUT2D eigenvalue weighted by molar-refractivity contribution is 5.88. The average Bonchev–Trinajstić information content (AvgIpc) is 2.97. The summed E-state index contributed by atoms with van der Waals surface area (Å²) >= 11 is 0. The zero-order valence-corrected chi connectivity index (χ0v) is 26.7. The summed E-state index contributed by atoms with van der Waals surface area (Å²) in [7, 11) is 0. The van der Waals surface area contributed by atoms with Gasteiger partial charge >= 0.3 is 0 Å². The van der Waals surface area contributed by atoms with E-state index in [1.165, 1.54) is 0 Å². The van der Waals surface area contributed by atoms with Gasteiger partial charge in [0.25, 0.3) is 0 Å². The molecule has 0 spiro atoms. The molecule has 15 heteroatoms. The molecule has 0 aromatic rings. The van der Waals surface area contributed by atoms with Crippen molar-refractivity contribution in [2.24, 2.45) is 38.7 Å². The summed E-state index contributed by atoms with van der Waals surface area (Å²) in [5.74, 6) is -0.900. The standard InChI is InChI=1S/C29H59N11O4/c1-2-3-9-18-35-26(43)22(13-11-20-37-28(31)32)40-25(42)16-7-5-10-19-36-27(44)23(14-12-21-38-29(33)34)39-24(41)15-6-4-8-17-30/h22-23H,2-21,30H2,1H3,(H,35,43)(H,36,44)(H,39,41)(H,40,42)(H4,31,32,37)(H4,33,34,38). The van der Waals surface area contributed by atoms with Gasteiger partial charge in [-0.2, -0.15) is 0 Å². The maximum absolute atomic E-state index is 12.8. The smallest absolute Gasteiger partial charge is 0.242 e. The number of nitrogens with zero attached hydrogens (tertiary/aromatic N) is 2. The van der Waals surface area contributed by atoms with Gasteiger partial charge in [-0.25, -0.2) is 0 Å². The molecule has 0 aliphatic carbocycles. The largest absolute Gasteiger partial charge is 0.370 e. The molecule has 0 bridgehead atoms. The predicted molar refractivity (Wildman–Crippen MR) is 175 cm³/mol. The minimum absolute atomic E-state index is 0.0111. The third-order valence-corrected chi connectivity index (χ3v) is 6.76. The van der Waals surface area contributed by atoms with E-state index in [0.717, 1.165) is 32.1 Å². The number of carbonyl (C=O) groups excluding carboxylic acids is 4. The minimum atomic E-state index is -0.686. The highest BCUT2D eigenvalue weighted by Crippen LogP contribution is 2.05. The molecule has 0 aliphatic heterocycles. The predicted octanol–water partition coefficient (Wildman–Crippen LogP) is -0.435. The molecule has 0 radical (unpaired) electrons. The monoisotopic (exact) mass is 625 g/mol. The van der Waals surface area contributed by atoms with E-state index in [-0.39, 0.29) is 42.0 Å². The fraction of sp³-hybridized carbons (Fsp3) is 0.793. The molecule has 0 saturated carbocycles. The summed E-state index contributed by atoms with van der Waals surface area (Å²) in [6, 6.07) is -1.34. The lowest BCUT2D eigenvalue weighted by atomic mass is 10.1. The molecule has 0 aromatic heterocycles. The van der Waals surface area contributed by atoms with Gasteiger partial charge in [0.15, 0.2) is 11.9 Å². The second-order valence-corrected chi connectivity index (χ2v) is 10.8. The maximum atomic E-state index is 12.8. The van der Waals surface area contributed by atoms with Crippen LogP contribution < -0.4 is 49.9 Å². The SMILES string of the molecule is CCCCCNC(=O)C(CCCN=C(N)N)NC(=O)CCCCCNC(=O)C(CCCN=C(N)N)NC(=O)CCCCCN. The first-order valence-electron chi connectivity index (χ1n) is 16.1. The van der Waals surface area contributed by atoms with E-state index in [2.05, 4.69) is 38.2 Å². The lowest BCUT2D eigenvalue weighted by molar-refractivity contribution is -0.129. The Morgan fingerprint density at radius 3 is 1.43 bits per heavy atom. The Kier molecular flexibility index (Phi) is 24.7. The molecular formula is C29H59N11O4. The molecule has 0 rings (SSSR count). The van der Waals surface area contributed by atoms with Crippen LogP contribution in [0, 0.1) is 0 Å². The maximum Gasteiger partial charge on any atom is 0.242 e. The van der Waals surface area contributed by atoms with Crippen LogP contribution in [0.5, 0.6) is 0 Å². The molecule has 0 aliphatic rings. The van der Waals surface area contributed by atoms with Crippen molar-refractivity contribution in [1.29, 1.82) is 0 Å². The molecule has 15 nitrogen and oxygen atoms in total. The summed E-state index contributed by atoms with van der Waals surface area (Å²) < 4.78 is 0. The van der Waals surface area contributed by atoms with Crippen LogP contribution >= 0.6 is 0 Å². The van der Waals surface area contributed by atoms with E-state index in [1.54, 1.807) is 0 Å². The van der Waals surface area contributed by atoms with Gasteiger partial charge in [-0.3, -0.25) is 29.2 Å². The Balaban J connectivity index is 4.63. The number of guanidine groups is 2. The summed E-state index contributed by atoms with van der Waals surface area (Å²) in [4.78, 5) is 58.3. The number of aliphatic imine (C=N–C) groups is 2. The van der Waals surface area contributed by atoms with Crippen molar-refractivity contribution in [2.75, 3.05) is 32.7 Å². The van der Waals surface area contributed by atoms with Crippen molar-refractivity contribution in [3.8, 4) is 0 Å². The van der Waals surface area contributed by atoms with Gasteiger partial charge < -0.3 is 49.9 Å². The molecule has 0 aromatic carbocycles. The zero-order chi connectivity index (χ0) is 33.0. The van der Waals surface area contributed by atoms with Crippen molar-refractivity contribution in [2.45, 2.75) is 115 Å². The first-order chi connectivity index (χ1) is 21.1.